The van der Waals surface area contributed by atoms with Gasteiger partial charge < -0.3 is 18.7 Å². The molecule has 0 saturated heterocycles. The van der Waals surface area contributed by atoms with Crippen molar-refractivity contribution in [1.29, 1.82) is 0 Å². The van der Waals surface area contributed by atoms with Gasteiger partial charge in [0.25, 0.3) is 5.22 Å². The van der Waals surface area contributed by atoms with E-state index < -0.39 is 12.2 Å². The van der Waals surface area contributed by atoms with Gasteiger partial charge in [-0.2, -0.15) is 8.78 Å². The Morgan fingerprint density at radius 1 is 1.13 bits per heavy atom. The fourth-order valence-electron chi connectivity index (χ4n) is 2.66. The lowest BCUT2D eigenvalue weighted by molar-refractivity contribution is -0.0498. The van der Waals surface area contributed by atoms with Crippen molar-refractivity contribution in [3.63, 3.8) is 0 Å². The first-order chi connectivity index (χ1) is 14.4. The maximum Gasteiger partial charge on any atom is 0.387 e. The van der Waals surface area contributed by atoms with E-state index in [0.717, 1.165) is 0 Å². The van der Waals surface area contributed by atoms with Crippen LogP contribution in [-0.4, -0.2) is 21.9 Å². The van der Waals surface area contributed by atoms with Crippen molar-refractivity contribution in [2.75, 3.05) is 0 Å². The number of aromatic nitrogens is 2. The Hall–Kier alpha value is -3.11. The third kappa shape index (κ3) is 4.39. The van der Waals surface area contributed by atoms with Gasteiger partial charge in [-0.3, -0.25) is 0 Å². The molecule has 0 saturated carbocycles. The van der Waals surface area contributed by atoms with Crippen LogP contribution in [0.4, 0.5) is 8.78 Å². The molecule has 2 aromatic carbocycles. The molecule has 154 valence electrons. The third-order valence-electron chi connectivity index (χ3n) is 3.98. The lowest BCUT2D eigenvalue weighted by Gasteiger charge is -2.05. The predicted octanol–water partition coefficient (Wildman–Crippen LogP) is 5.10. The minimum Gasteiger partial charge on any atom is -0.506 e. The van der Waals surface area contributed by atoms with E-state index in [2.05, 4.69) is 14.9 Å². The summed E-state index contributed by atoms with van der Waals surface area (Å²) in [5, 5.41) is 18.5. The first kappa shape index (κ1) is 20.2. The van der Waals surface area contributed by atoms with Crippen LogP contribution in [0.5, 0.6) is 11.5 Å². The fraction of sp³-hybridized carbons (Fsp3) is 0.105. The molecule has 30 heavy (non-hydrogen) atoms. The number of aromatic hydroxyl groups is 1. The highest BCUT2D eigenvalue weighted by atomic mass is 35.5. The van der Waals surface area contributed by atoms with E-state index in [9.17, 15) is 18.7 Å². The van der Waals surface area contributed by atoms with Gasteiger partial charge in [-0.15, -0.1) is 10.2 Å². The lowest BCUT2D eigenvalue weighted by Crippen LogP contribution is -2.01. The van der Waals surface area contributed by atoms with Gasteiger partial charge in [0.2, 0.25) is 5.89 Å². The monoisotopic (exact) mass is 452 g/mol. The summed E-state index contributed by atoms with van der Waals surface area (Å²) in [5.74, 6) is 0.323. The molecule has 0 fully saturated rings. The molecule has 4 aromatic rings. The van der Waals surface area contributed by atoms with E-state index in [1.165, 1.54) is 54.2 Å². The molecule has 2 aromatic heterocycles. The second-order valence-electron chi connectivity index (χ2n) is 5.96. The number of ether oxygens (including phenoxy) is 1. The van der Waals surface area contributed by atoms with Crippen LogP contribution < -0.4 is 10.4 Å². The molecule has 0 unspecified atom stereocenters. The molecule has 1 N–H and O–H groups in total. The molecular formula is C19H11ClF2N2O5S. The van der Waals surface area contributed by atoms with Crippen molar-refractivity contribution in [3.05, 3.63) is 63.5 Å². The fourth-order valence-corrected chi connectivity index (χ4v) is 3.58. The van der Waals surface area contributed by atoms with Crippen LogP contribution in [0.3, 0.4) is 0 Å². The van der Waals surface area contributed by atoms with Crippen molar-refractivity contribution in [2.24, 2.45) is 0 Å². The Bertz CT molecular complexity index is 1260. The zero-order valence-corrected chi connectivity index (χ0v) is 16.4. The Labute approximate surface area is 176 Å². The molecule has 0 bridgehead atoms. The smallest absolute Gasteiger partial charge is 0.387 e. The van der Waals surface area contributed by atoms with Crippen LogP contribution in [0.2, 0.25) is 5.02 Å². The largest absolute Gasteiger partial charge is 0.506 e. The minimum absolute atomic E-state index is 0.0161. The number of halogens is 3. The first-order valence-electron chi connectivity index (χ1n) is 8.36. The molecule has 0 aliphatic rings. The van der Waals surface area contributed by atoms with Crippen LogP contribution >= 0.6 is 23.4 Å². The Morgan fingerprint density at radius 3 is 2.63 bits per heavy atom. The van der Waals surface area contributed by atoms with E-state index in [1.807, 2.05) is 0 Å². The quantitative estimate of drug-likeness (QED) is 0.319. The Balaban J connectivity index is 1.52. The average molecular weight is 453 g/mol. The maximum absolute atomic E-state index is 12.2. The molecule has 2 heterocycles. The first-order valence-corrected chi connectivity index (χ1v) is 9.72. The Kier molecular flexibility index (Phi) is 5.60. The molecule has 7 nitrogen and oxygen atoms in total. The summed E-state index contributed by atoms with van der Waals surface area (Å²) in [5.41, 5.74) is 0.778. The summed E-state index contributed by atoms with van der Waals surface area (Å²) >= 11 is 7.14. The van der Waals surface area contributed by atoms with Crippen LogP contribution in [-0.2, 0) is 5.75 Å². The topological polar surface area (TPSA) is 98.6 Å². The predicted molar refractivity (Wildman–Crippen MR) is 105 cm³/mol. The number of rotatable bonds is 6. The van der Waals surface area contributed by atoms with Gasteiger partial charge in [-0.1, -0.05) is 23.4 Å². The summed E-state index contributed by atoms with van der Waals surface area (Å²) in [7, 11) is 0. The minimum atomic E-state index is -2.90. The third-order valence-corrected chi connectivity index (χ3v) is 5.15. The molecular weight excluding hydrogens is 442 g/mol. The van der Waals surface area contributed by atoms with Gasteiger partial charge in [0.15, 0.2) is 0 Å². The van der Waals surface area contributed by atoms with Gasteiger partial charge in [0.1, 0.15) is 17.1 Å². The molecule has 0 amide bonds. The number of phenolic OH excluding ortho intramolecular Hbond substituents is 1. The van der Waals surface area contributed by atoms with Gasteiger partial charge in [-0.25, -0.2) is 4.79 Å². The van der Waals surface area contributed by atoms with E-state index in [-0.39, 0.29) is 33.2 Å². The summed E-state index contributed by atoms with van der Waals surface area (Å²) in [6, 6.07) is 9.88. The summed E-state index contributed by atoms with van der Waals surface area (Å²) in [4.78, 5) is 11.8. The van der Waals surface area contributed by atoms with Crippen LogP contribution in [0.1, 0.15) is 5.56 Å². The highest BCUT2D eigenvalue weighted by Gasteiger charge is 2.14. The number of alkyl halides is 2. The SMILES string of the molecule is O=c1cc(CSc2nnc(-c3ccc(OC(F)F)cc3)o2)c2cc(Cl)c(O)cc2o1. The number of hydrogen-bond donors (Lipinski definition) is 1. The van der Waals surface area contributed by atoms with Gasteiger partial charge >= 0.3 is 12.2 Å². The summed E-state index contributed by atoms with van der Waals surface area (Å²) in [6.07, 6.45) is 0. The van der Waals surface area contributed by atoms with Crippen molar-refractivity contribution in [3.8, 4) is 23.0 Å². The molecule has 0 aliphatic carbocycles. The number of phenols is 1. The van der Waals surface area contributed by atoms with Crippen LogP contribution in [0, 0.1) is 0 Å². The van der Waals surface area contributed by atoms with E-state index in [0.29, 0.717) is 22.3 Å². The molecule has 0 spiro atoms. The number of hydrogen-bond acceptors (Lipinski definition) is 8. The zero-order valence-electron chi connectivity index (χ0n) is 14.8. The molecule has 4 rings (SSSR count). The second kappa shape index (κ2) is 8.33. The zero-order chi connectivity index (χ0) is 21.3. The van der Waals surface area contributed by atoms with Gasteiger partial charge in [0, 0.05) is 28.8 Å². The normalized spacial score (nSPS) is 11.3. The molecule has 0 aliphatic heterocycles. The number of nitrogens with zero attached hydrogens (tertiary/aromatic N) is 2. The van der Waals surface area contributed by atoms with E-state index in [4.69, 9.17) is 20.4 Å². The van der Waals surface area contributed by atoms with Crippen molar-refractivity contribution in [1.82, 2.24) is 10.2 Å². The van der Waals surface area contributed by atoms with E-state index >= 15 is 0 Å². The van der Waals surface area contributed by atoms with Crippen molar-refractivity contribution >= 4 is 34.3 Å². The second-order valence-corrected chi connectivity index (χ2v) is 7.29. The lowest BCUT2D eigenvalue weighted by atomic mass is 10.1. The van der Waals surface area contributed by atoms with Gasteiger partial charge in [-0.05, 0) is 35.9 Å². The van der Waals surface area contributed by atoms with E-state index in [1.54, 1.807) is 0 Å². The summed E-state index contributed by atoms with van der Waals surface area (Å²) < 4.78 is 39.4. The van der Waals surface area contributed by atoms with Crippen molar-refractivity contribution in [2.45, 2.75) is 17.6 Å². The number of benzene rings is 2. The highest BCUT2D eigenvalue weighted by Crippen LogP contribution is 2.33. The summed E-state index contributed by atoms with van der Waals surface area (Å²) in [6.45, 7) is -2.90. The highest BCUT2D eigenvalue weighted by molar-refractivity contribution is 7.98. The molecule has 11 heteroatoms. The van der Waals surface area contributed by atoms with Crippen molar-refractivity contribution < 1.29 is 27.5 Å². The van der Waals surface area contributed by atoms with Crippen LogP contribution in [0.15, 0.2) is 61.3 Å². The number of thioether (sulfide) groups is 1. The van der Waals surface area contributed by atoms with Crippen LogP contribution in [0.25, 0.3) is 22.4 Å². The molecule has 0 radical (unpaired) electrons. The Morgan fingerprint density at radius 2 is 1.90 bits per heavy atom. The van der Waals surface area contributed by atoms with Gasteiger partial charge in [0.05, 0.1) is 5.02 Å². The number of fused-ring (bicyclic) bond motifs is 1. The molecule has 0 atom stereocenters. The maximum atomic E-state index is 12.2. The standard InChI is InChI=1S/C19H11ClF2N2O5S/c20-13-6-12-10(5-16(26)28-15(12)7-14(13)25)8-30-19-24-23-17(29-19)9-1-3-11(4-2-9)27-18(21)22/h1-7,18,25H,8H2. The average Bonchev–Trinajstić information content (AvgIpc) is 3.16.